The van der Waals surface area contributed by atoms with Gasteiger partial charge >= 0.3 is 5.97 Å². The minimum absolute atomic E-state index is 0.295. The van der Waals surface area contributed by atoms with Crippen LogP contribution in [0, 0.1) is 0 Å². The summed E-state index contributed by atoms with van der Waals surface area (Å²) in [4.78, 5) is 11.7. The van der Waals surface area contributed by atoms with E-state index >= 15 is 0 Å². The molecule has 3 nitrogen and oxygen atoms in total. The number of hydrogen-bond donors (Lipinski definition) is 0. The second kappa shape index (κ2) is 4.66. The number of carbonyl (C=O) groups excluding carboxylic acids is 1. The molecule has 0 fully saturated rings. The number of aryl methyl sites for hydroxylation is 1. The first-order valence-electron chi connectivity index (χ1n) is 5.10. The zero-order valence-electron chi connectivity index (χ0n) is 9.09. The minimum Gasteiger partial charge on any atom is -0.456 e. The van der Waals surface area contributed by atoms with Gasteiger partial charge in [-0.15, -0.1) is 0 Å². The third-order valence-electron chi connectivity index (χ3n) is 2.37. The molecule has 16 heavy (non-hydrogen) atoms. The molecule has 2 aromatic rings. The lowest BCUT2D eigenvalue weighted by molar-refractivity contribution is 0.0461. The van der Waals surface area contributed by atoms with Crippen LogP contribution >= 0.6 is 0 Å². The summed E-state index contributed by atoms with van der Waals surface area (Å²) in [7, 11) is 1.82. The Balaban J connectivity index is 1.97. The molecular formula is C13H13NO2. The molecule has 0 bridgehead atoms. The standard InChI is InChI=1S/C13H13NO2/c1-14-9-5-8-12(14)13(15)16-10-11-6-3-2-4-7-11/h2-9H,10H2,1H3. The number of carbonyl (C=O) groups is 1. The predicted molar refractivity (Wildman–Crippen MR) is 61.0 cm³/mol. The lowest BCUT2D eigenvalue weighted by atomic mass is 10.2. The maximum absolute atomic E-state index is 11.7. The molecule has 0 aliphatic heterocycles. The Hall–Kier alpha value is -2.03. The first-order valence-corrected chi connectivity index (χ1v) is 5.10. The van der Waals surface area contributed by atoms with Gasteiger partial charge in [0.2, 0.25) is 0 Å². The van der Waals surface area contributed by atoms with Crippen molar-refractivity contribution in [3.8, 4) is 0 Å². The maximum atomic E-state index is 11.7. The number of benzene rings is 1. The van der Waals surface area contributed by atoms with Crippen molar-refractivity contribution in [1.29, 1.82) is 0 Å². The highest BCUT2D eigenvalue weighted by Crippen LogP contribution is 2.06. The van der Waals surface area contributed by atoms with Crippen LogP contribution in [-0.2, 0) is 18.4 Å². The van der Waals surface area contributed by atoms with Crippen LogP contribution < -0.4 is 0 Å². The molecule has 0 atom stereocenters. The first kappa shape index (κ1) is 10.5. The van der Waals surface area contributed by atoms with Gasteiger partial charge in [0, 0.05) is 13.2 Å². The Morgan fingerprint density at radius 2 is 1.94 bits per heavy atom. The molecule has 0 saturated heterocycles. The number of rotatable bonds is 3. The van der Waals surface area contributed by atoms with Crippen molar-refractivity contribution in [1.82, 2.24) is 4.57 Å². The molecule has 0 amide bonds. The van der Waals surface area contributed by atoms with E-state index < -0.39 is 0 Å². The van der Waals surface area contributed by atoms with Crippen LogP contribution in [0.25, 0.3) is 0 Å². The van der Waals surface area contributed by atoms with Gasteiger partial charge in [-0.2, -0.15) is 0 Å². The number of ether oxygens (including phenoxy) is 1. The molecule has 1 heterocycles. The Morgan fingerprint density at radius 1 is 1.19 bits per heavy atom. The quantitative estimate of drug-likeness (QED) is 0.736. The van der Waals surface area contributed by atoms with Gasteiger partial charge in [0.05, 0.1) is 0 Å². The maximum Gasteiger partial charge on any atom is 0.355 e. The topological polar surface area (TPSA) is 31.2 Å². The van der Waals surface area contributed by atoms with E-state index in [1.807, 2.05) is 49.6 Å². The molecule has 1 aromatic carbocycles. The van der Waals surface area contributed by atoms with Crippen molar-refractivity contribution in [3.05, 3.63) is 59.9 Å². The second-order valence-electron chi connectivity index (χ2n) is 3.57. The first-order chi connectivity index (χ1) is 7.77. The normalized spacial score (nSPS) is 10.1. The van der Waals surface area contributed by atoms with Gasteiger partial charge in [-0.25, -0.2) is 4.79 Å². The third kappa shape index (κ3) is 2.31. The van der Waals surface area contributed by atoms with Crippen molar-refractivity contribution < 1.29 is 9.53 Å². The fourth-order valence-electron chi connectivity index (χ4n) is 1.47. The number of esters is 1. The van der Waals surface area contributed by atoms with Crippen molar-refractivity contribution in [3.63, 3.8) is 0 Å². The molecule has 0 N–H and O–H groups in total. The van der Waals surface area contributed by atoms with Crippen LogP contribution in [0.15, 0.2) is 48.7 Å². The second-order valence-corrected chi connectivity index (χ2v) is 3.57. The highest BCUT2D eigenvalue weighted by molar-refractivity contribution is 5.87. The van der Waals surface area contributed by atoms with E-state index in [-0.39, 0.29) is 5.97 Å². The van der Waals surface area contributed by atoms with Crippen LogP contribution in [-0.4, -0.2) is 10.5 Å². The van der Waals surface area contributed by atoms with Crippen molar-refractivity contribution >= 4 is 5.97 Å². The highest BCUT2D eigenvalue weighted by Gasteiger charge is 2.09. The number of hydrogen-bond acceptors (Lipinski definition) is 2. The van der Waals surface area contributed by atoms with Gasteiger partial charge in [0.15, 0.2) is 0 Å². The molecule has 0 radical (unpaired) electrons. The molecule has 3 heteroatoms. The van der Waals surface area contributed by atoms with E-state index in [1.165, 1.54) is 0 Å². The van der Waals surface area contributed by atoms with Gasteiger partial charge in [-0.05, 0) is 17.7 Å². The largest absolute Gasteiger partial charge is 0.456 e. The Labute approximate surface area is 94.3 Å². The van der Waals surface area contributed by atoms with Gasteiger partial charge in [0.25, 0.3) is 0 Å². The SMILES string of the molecule is Cn1cccc1C(=O)OCc1ccccc1. The van der Waals surface area contributed by atoms with Crippen LogP contribution in [0.5, 0.6) is 0 Å². The molecule has 82 valence electrons. The monoisotopic (exact) mass is 215 g/mol. The number of aromatic nitrogens is 1. The summed E-state index contributed by atoms with van der Waals surface area (Å²) in [6.07, 6.45) is 1.82. The molecular weight excluding hydrogens is 202 g/mol. The average Bonchev–Trinajstić information content (AvgIpc) is 2.74. The lowest BCUT2D eigenvalue weighted by Gasteiger charge is -2.05. The molecule has 0 aliphatic rings. The summed E-state index contributed by atoms with van der Waals surface area (Å²) in [5, 5.41) is 0. The van der Waals surface area contributed by atoms with Gasteiger partial charge < -0.3 is 9.30 Å². The number of nitrogens with zero attached hydrogens (tertiary/aromatic N) is 1. The van der Waals surface area contributed by atoms with E-state index in [1.54, 1.807) is 10.6 Å². The summed E-state index contributed by atoms with van der Waals surface area (Å²) < 4.78 is 6.94. The van der Waals surface area contributed by atoms with Gasteiger partial charge in [-0.1, -0.05) is 30.3 Å². The Kier molecular flexibility index (Phi) is 3.05. The third-order valence-corrected chi connectivity index (χ3v) is 2.37. The van der Waals surface area contributed by atoms with Crippen LogP contribution in [0.2, 0.25) is 0 Å². The van der Waals surface area contributed by atoms with Crippen molar-refractivity contribution in [2.45, 2.75) is 6.61 Å². The fourth-order valence-corrected chi connectivity index (χ4v) is 1.47. The highest BCUT2D eigenvalue weighted by atomic mass is 16.5. The molecule has 0 saturated carbocycles. The van der Waals surface area contributed by atoms with Crippen molar-refractivity contribution in [2.75, 3.05) is 0 Å². The van der Waals surface area contributed by atoms with Crippen molar-refractivity contribution in [2.24, 2.45) is 7.05 Å². The Morgan fingerprint density at radius 3 is 2.56 bits per heavy atom. The predicted octanol–water partition coefficient (Wildman–Crippen LogP) is 2.38. The van der Waals surface area contributed by atoms with E-state index in [0.717, 1.165) is 5.56 Å². The van der Waals surface area contributed by atoms with E-state index in [2.05, 4.69) is 0 Å². The molecule has 2 rings (SSSR count). The minimum atomic E-state index is -0.295. The zero-order chi connectivity index (χ0) is 11.4. The van der Waals surface area contributed by atoms with E-state index in [4.69, 9.17) is 4.74 Å². The average molecular weight is 215 g/mol. The Bertz CT molecular complexity index is 474. The van der Waals surface area contributed by atoms with Crippen LogP contribution in [0.4, 0.5) is 0 Å². The summed E-state index contributed by atoms with van der Waals surface area (Å²) in [6.45, 7) is 0.310. The fraction of sp³-hybridized carbons (Fsp3) is 0.154. The lowest BCUT2D eigenvalue weighted by Crippen LogP contribution is -2.09. The van der Waals surface area contributed by atoms with E-state index in [0.29, 0.717) is 12.3 Å². The van der Waals surface area contributed by atoms with Crippen LogP contribution in [0.1, 0.15) is 16.1 Å². The smallest absolute Gasteiger partial charge is 0.355 e. The molecule has 0 spiro atoms. The van der Waals surface area contributed by atoms with E-state index in [9.17, 15) is 4.79 Å². The molecule has 0 unspecified atom stereocenters. The summed E-state index contributed by atoms with van der Waals surface area (Å²) in [6, 6.07) is 13.2. The summed E-state index contributed by atoms with van der Waals surface area (Å²) in [5.74, 6) is -0.295. The molecule has 0 aliphatic carbocycles. The summed E-state index contributed by atoms with van der Waals surface area (Å²) in [5.41, 5.74) is 1.56. The zero-order valence-corrected chi connectivity index (χ0v) is 9.09. The van der Waals surface area contributed by atoms with Gasteiger partial charge in [-0.3, -0.25) is 0 Å². The van der Waals surface area contributed by atoms with Crippen LogP contribution in [0.3, 0.4) is 0 Å². The molecule has 1 aromatic heterocycles. The van der Waals surface area contributed by atoms with Gasteiger partial charge in [0.1, 0.15) is 12.3 Å². The summed E-state index contributed by atoms with van der Waals surface area (Å²) >= 11 is 0.